The maximum absolute atomic E-state index is 13.3. The highest BCUT2D eigenvalue weighted by molar-refractivity contribution is 6.31. The first kappa shape index (κ1) is 14.7. The molecule has 2 rings (SSSR count). The molecular formula is C16H17ClFNO. The van der Waals surface area contributed by atoms with Crippen molar-refractivity contribution in [3.05, 3.63) is 52.8 Å². The summed E-state index contributed by atoms with van der Waals surface area (Å²) in [7, 11) is 0. The fraction of sp³-hybridized carbons (Fsp3) is 0.250. The summed E-state index contributed by atoms with van der Waals surface area (Å²) in [6.45, 7) is 4.24. The van der Waals surface area contributed by atoms with Crippen LogP contribution in [0, 0.1) is 5.82 Å². The number of benzene rings is 2. The number of halogens is 2. The van der Waals surface area contributed by atoms with Gasteiger partial charge in [-0.15, -0.1) is 0 Å². The first-order valence-corrected chi connectivity index (χ1v) is 6.92. The molecule has 2 aromatic rings. The third-order valence-electron chi connectivity index (χ3n) is 3.33. The van der Waals surface area contributed by atoms with Crippen molar-refractivity contribution in [2.24, 2.45) is 0 Å². The first-order valence-electron chi connectivity index (χ1n) is 6.54. The van der Waals surface area contributed by atoms with Gasteiger partial charge < -0.3 is 10.5 Å². The number of nitrogen functional groups attached to an aromatic ring is 1. The average molecular weight is 294 g/mol. The van der Waals surface area contributed by atoms with Gasteiger partial charge in [-0.2, -0.15) is 0 Å². The van der Waals surface area contributed by atoms with E-state index in [1.54, 1.807) is 0 Å². The summed E-state index contributed by atoms with van der Waals surface area (Å²) >= 11 is 5.77. The standard InChI is InChI=1S/C16H17ClFNO/c1-3-10(2)11-6-4-5-7-15(11)20-16-8-12(17)13(18)9-14(16)19/h4-10H,3,19H2,1-2H3. The third-order valence-corrected chi connectivity index (χ3v) is 3.62. The molecule has 0 saturated heterocycles. The number of hydrogen-bond acceptors (Lipinski definition) is 2. The van der Waals surface area contributed by atoms with Crippen LogP contribution >= 0.6 is 11.6 Å². The number of rotatable bonds is 4. The van der Waals surface area contributed by atoms with Crippen molar-refractivity contribution in [1.29, 1.82) is 0 Å². The van der Waals surface area contributed by atoms with Gasteiger partial charge in [-0.3, -0.25) is 0 Å². The van der Waals surface area contributed by atoms with E-state index in [1.165, 1.54) is 12.1 Å². The number of nitrogens with two attached hydrogens (primary N) is 1. The zero-order chi connectivity index (χ0) is 14.7. The van der Waals surface area contributed by atoms with E-state index in [4.69, 9.17) is 22.1 Å². The summed E-state index contributed by atoms with van der Waals surface area (Å²) < 4.78 is 19.1. The maximum atomic E-state index is 13.3. The normalized spacial score (nSPS) is 12.2. The summed E-state index contributed by atoms with van der Waals surface area (Å²) in [6.07, 6.45) is 1.00. The van der Waals surface area contributed by atoms with Gasteiger partial charge in [0.2, 0.25) is 0 Å². The summed E-state index contributed by atoms with van der Waals surface area (Å²) in [5, 5.41) is -0.00442. The largest absolute Gasteiger partial charge is 0.455 e. The lowest BCUT2D eigenvalue weighted by atomic mass is 9.98. The Kier molecular flexibility index (Phi) is 4.50. The molecule has 0 aliphatic carbocycles. The van der Waals surface area contributed by atoms with Crippen LogP contribution in [0.1, 0.15) is 31.7 Å². The second kappa shape index (κ2) is 6.14. The van der Waals surface area contributed by atoms with E-state index in [9.17, 15) is 4.39 Å². The smallest absolute Gasteiger partial charge is 0.152 e. The fourth-order valence-electron chi connectivity index (χ4n) is 1.95. The Bertz CT molecular complexity index is 615. The van der Waals surface area contributed by atoms with Gasteiger partial charge >= 0.3 is 0 Å². The Morgan fingerprint density at radius 1 is 1.25 bits per heavy atom. The van der Waals surface area contributed by atoms with Gasteiger partial charge in [-0.1, -0.05) is 43.6 Å². The zero-order valence-corrected chi connectivity index (χ0v) is 12.2. The summed E-state index contributed by atoms with van der Waals surface area (Å²) in [6, 6.07) is 10.3. The van der Waals surface area contributed by atoms with E-state index in [1.807, 2.05) is 24.3 Å². The van der Waals surface area contributed by atoms with Gasteiger partial charge in [-0.05, 0) is 24.0 Å². The molecule has 0 aliphatic rings. The Morgan fingerprint density at radius 2 is 1.95 bits per heavy atom. The number of anilines is 1. The summed E-state index contributed by atoms with van der Waals surface area (Å²) in [5.74, 6) is 0.901. The van der Waals surface area contributed by atoms with Crippen LogP contribution in [0.4, 0.5) is 10.1 Å². The van der Waals surface area contributed by atoms with Gasteiger partial charge in [0.15, 0.2) is 5.75 Å². The Labute approximate surface area is 123 Å². The first-order chi connectivity index (χ1) is 9.52. The molecular weight excluding hydrogens is 277 g/mol. The van der Waals surface area contributed by atoms with Crippen LogP contribution in [0.3, 0.4) is 0 Å². The maximum Gasteiger partial charge on any atom is 0.152 e. The van der Waals surface area contributed by atoms with E-state index in [0.717, 1.165) is 17.7 Å². The van der Waals surface area contributed by atoms with Crippen molar-refractivity contribution in [1.82, 2.24) is 0 Å². The minimum atomic E-state index is -0.549. The molecule has 0 fully saturated rings. The van der Waals surface area contributed by atoms with Crippen LogP contribution in [-0.4, -0.2) is 0 Å². The molecule has 0 bridgehead atoms. The highest BCUT2D eigenvalue weighted by atomic mass is 35.5. The molecule has 0 heterocycles. The molecule has 0 spiro atoms. The monoisotopic (exact) mass is 293 g/mol. The van der Waals surface area contributed by atoms with Crippen LogP contribution in [0.25, 0.3) is 0 Å². The van der Waals surface area contributed by atoms with Crippen LogP contribution in [0.5, 0.6) is 11.5 Å². The topological polar surface area (TPSA) is 35.2 Å². The number of para-hydroxylation sites is 1. The fourth-order valence-corrected chi connectivity index (χ4v) is 2.10. The predicted molar refractivity (Wildman–Crippen MR) is 81.0 cm³/mol. The van der Waals surface area contributed by atoms with Crippen LogP contribution in [-0.2, 0) is 0 Å². The highest BCUT2D eigenvalue weighted by Crippen LogP contribution is 2.36. The quantitative estimate of drug-likeness (QED) is 0.769. The average Bonchev–Trinajstić information content (AvgIpc) is 2.44. The van der Waals surface area contributed by atoms with Gasteiger partial charge in [0.05, 0.1) is 10.7 Å². The zero-order valence-electron chi connectivity index (χ0n) is 11.5. The van der Waals surface area contributed by atoms with Crippen molar-refractivity contribution < 1.29 is 9.13 Å². The molecule has 1 atom stereocenters. The second-order valence-corrected chi connectivity index (χ2v) is 5.16. The van der Waals surface area contributed by atoms with Crippen LogP contribution in [0.2, 0.25) is 5.02 Å². The van der Waals surface area contributed by atoms with Crippen molar-refractivity contribution in [3.63, 3.8) is 0 Å². The molecule has 20 heavy (non-hydrogen) atoms. The van der Waals surface area contributed by atoms with Crippen molar-refractivity contribution >= 4 is 17.3 Å². The molecule has 2 N–H and O–H groups in total. The second-order valence-electron chi connectivity index (χ2n) is 4.75. The molecule has 2 nitrogen and oxygen atoms in total. The summed E-state index contributed by atoms with van der Waals surface area (Å²) in [4.78, 5) is 0. The molecule has 2 aromatic carbocycles. The van der Waals surface area contributed by atoms with Gasteiger partial charge in [0, 0.05) is 12.1 Å². The Morgan fingerprint density at radius 3 is 2.65 bits per heavy atom. The Hall–Kier alpha value is -1.74. The Balaban J connectivity index is 2.38. The lowest BCUT2D eigenvalue weighted by Crippen LogP contribution is -1.98. The lowest BCUT2D eigenvalue weighted by molar-refractivity contribution is 0.471. The van der Waals surface area contributed by atoms with Gasteiger partial charge in [0.1, 0.15) is 11.6 Å². The van der Waals surface area contributed by atoms with E-state index in [-0.39, 0.29) is 10.7 Å². The van der Waals surface area contributed by atoms with Crippen molar-refractivity contribution in [2.75, 3.05) is 5.73 Å². The molecule has 1 unspecified atom stereocenters. The van der Waals surface area contributed by atoms with E-state index >= 15 is 0 Å². The van der Waals surface area contributed by atoms with Gasteiger partial charge in [-0.25, -0.2) is 4.39 Å². The van der Waals surface area contributed by atoms with E-state index in [2.05, 4.69) is 13.8 Å². The predicted octanol–water partition coefficient (Wildman–Crippen LogP) is 5.37. The van der Waals surface area contributed by atoms with Crippen LogP contribution in [0.15, 0.2) is 36.4 Å². The molecule has 106 valence electrons. The minimum absolute atomic E-state index is 0.00442. The molecule has 0 aliphatic heterocycles. The van der Waals surface area contributed by atoms with E-state index in [0.29, 0.717) is 11.7 Å². The minimum Gasteiger partial charge on any atom is -0.455 e. The van der Waals surface area contributed by atoms with Gasteiger partial charge in [0.25, 0.3) is 0 Å². The van der Waals surface area contributed by atoms with Crippen molar-refractivity contribution in [2.45, 2.75) is 26.2 Å². The lowest BCUT2D eigenvalue weighted by Gasteiger charge is -2.16. The molecule has 4 heteroatoms. The molecule has 0 amide bonds. The molecule has 0 radical (unpaired) electrons. The van der Waals surface area contributed by atoms with E-state index < -0.39 is 5.82 Å². The summed E-state index contributed by atoms with van der Waals surface area (Å²) in [5.41, 5.74) is 7.09. The number of ether oxygens (including phenoxy) is 1. The third kappa shape index (κ3) is 3.05. The molecule has 0 saturated carbocycles. The number of hydrogen-bond donors (Lipinski definition) is 1. The van der Waals surface area contributed by atoms with Crippen molar-refractivity contribution in [3.8, 4) is 11.5 Å². The SMILES string of the molecule is CCC(C)c1ccccc1Oc1cc(Cl)c(F)cc1N. The highest BCUT2D eigenvalue weighted by Gasteiger charge is 2.13. The molecule has 0 aromatic heterocycles. The van der Waals surface area contributed by atoms with Crippen LogP contribution < -0.4 is 10.5 Å².